The van der Waals surface area contributed by atoms with E-state index in [1.54, 1.807) is 6.07 Å². The number of aryl methyl sites for hydroxylation is 1. The van der Waals surface area contributed by atoms with Crippen LogP contribution in [0.25, 0.3) is 0 Å². The summed E-state index contributed by atoms with van der Waals surface area (Å²) >= 11 is 0. The first-order valence-corrected chi connectivity index (χ1v) is 6.70. The van der Waals surface area contributed by atoms with Crippen molar-refractivity contribution in [2.45, 2.75) is 40.2 Å². The second-order valence-electron chi connectivity index (χ2n) is 4.77. The van der Waals surface area contributed by atoms with Gasteiger partial charge in [-0.1, -0.05) is 27.2 Å². The average molecular weight is 253 g/mol. The first kappa shape index (κ1) is 15.0. The predicted octanol–water partition coefficient (Wildman–Crippen LogP) is 3.54. The van der Waals surface area contributed by atoms with Gasteiger partial charge in [0.05, 0.1) is 0 Å². The van der Waals surface area contributed by atoms with Crippen molar-refractivity contribution >= 4 is 0 Å². The third kappa shape index (κ3) is 4.30. The van der Waals surface area contributed by atoms with Gasteiger partial charge in [-0.3, -0.25) is 0 Å². The third-order valence-electron chi connectivity index (χ3n) is 3.35. The summed E-state index contributed by atoms with van der Waals surface area (Å²) in [5, 5.41) is 3.44. The Hall–Kier alpha value is -1.09. The van der Waals surface area contributed by atoms with Crippen molar-refractivity contribution < 1.29 is 9.13 Å². The van der Waals surface area contributed by atoms with Gasteiger partial charge in [-0.15, -0.1) is 0 Å². The van der Waals surface area contributed by atoms with Gasteiger partial charge in [-0.2, -0.15) is 0 Å². The van der Waals surface area contributed by atoms with Gasteiger partial charge in [0.1, 0.15) is 18.2 Å². The molecule has 2 nitrogen and oxygen atoms in total. The summed E-state index contributed by atoms with van der Waals surface area (Å²) in [6.07, 6.45) is 1.11. The molecule has 18 heavy (non-hydrogen) atoms. The van der Waals surface area contributed by atoms with E-state index in [1.165, 1.54) is 12.1 Å². The Kier molecular flexibility index (Phi) is 6.13. The number of ether oxygens (including phenoxy) is 1. The topological polar surface area (TPSA) is 21.3 Å². The third-order valence-corrected chi connectivity index (χ3v) is 3.35. The zero-order chi connectivity index (χ0) is 13.5. The van der Waals surface area contributed by atoms with E-state index in [9.17, 15) is 4.39 Å². The molecule has 0 aromatic heterocycles. The molecule has 0 aliphatic heterocycles. The lowest BCUT2D eigenvalue weighted by molar-refractivity contribution is 0.221. The zero-order valence-electron chi connectivity index (χ0n) is 11.8. The second kappa shape index (κ2) is 7.37. The molecule has 0 bridgehead atoms. The molecular formula is C15H24FNO. The number of benzene rings is 1. The van der Waals surface area contributed by atoms with Gasteiger partial charge in [0.2, 0.25) is 0 Å². The van der Waals surface area contributed by atoms with Crippen molar-refractivity contribution in [2.24, 2.45) is 5.92 Å². The van der Waals surface area contributed by atoms with E-state index in [0.29, 0.717) is 18.6 Å². The van der Waals surface area contributed by atoms with Crippen LogP contribution in [0.1, 0.15) is 32.8 Å². The van der Waals surface area contributed by atoms with Crippen LogP contribution >= 0.6 is 0 Å². The minimum Gasteiger partial charge on any atom is -0.492 e. The van der Waals surface area contributed by atoms with Crippen LogP contribution in [-0.2, 0) is 0 Å². The van der Waals surface area contributed by atoms with Gasteiger partial charge >= 0.3 is 0 Å². The number of likely N-dealkylation sites (N-methyl/N-ethyl adjacent to an activating group) is 1. The van der Waals surface area contributed by atoms with E-state index < -0.39 is 0 Å². The Morgan fingerprint density at radius 3 is 2.61 bits per heavy atom. The van der Waals surface area contributed by atoms with Gasteiger partial charge in [-0.05, 0) is 43.1 Å². The van der Waals surface area contributed by atoms with Crippen LogP contribution in [0.5, 0.6) is 5.75 Å². The van der Waals surface area contributed by atoms with E-state index in [1.807, 2.05) is 6.92 Å². The lowest BCUT2D eigenvalue weighted by Gasteiger charge is -2.24. The number of rotatable bonds is 7. The fraction of sp³-hybridized carbons (Fsp3) is 0.600. The van der Waals surface area contributed by atoms with Crippen molar-refractivity contribution in [3.05, 3.63) is 29.6 Å². The molecule has 0 fully saturated rings. The van der Waals surface area contributed by atoms with Gasteiger partial charge in [0.25, 0.3) is 0 Å². The van der Waals surface area contributed by atoms with Crippen LogP contribution < -0.4 is 10.1 Å². The maximum atomic E-state index is 13.0. The Morgan fingerprint density at radius 1 is 1.33 bits per heavy atom. The monoisotopic (exact) mass is 253 g/mol. The molecule has 0 saturated heterocycles. The summed E-state index contributed by atoms with van der Waals surface area (Å²) in [5.74, 6) is 1.11. The SMILES string of the molecule is CCNC(COc1ccc(F)cc1C)C(C)CC. The molecule has 1 N–H and O–H groups in total. The Balaban J connectivity index is 2.60. The molecular weight excluding hydrogens is 229 g/mol. The molecule has 0 aliphatic rings. The highest BCUT2D eigenvalue weighted by Gasteiger charge is 2.15. The van der Waals surface area contributed by atoms with E-state index in [0.717, 1.165) is 24.3 Å². The number of hydrogen-bond donors (Lipinski definition) is 1. The summed E-state index contributed by atoms with van der Waals surface area (Å²) < 4.78 is 18.8. The van der Waals surface area contributed by atoms with Crippen molar-refractivity contribution in [3.8, 4) is 5.75 Å². The maximum Gasteiger partial charge on any atom is 0.123 e. The summed E-state index contributed by atoms with van der Waals surface area (Å²) in [6.45, 7) is 9.91. The average Bonchev–Trinajstić information content (AvgIpc) is 2.35. The highest BCUT2D eigenvalue weighted by molar-refractivity contribution is 5.32. The molecule has 0 aliphatic carbocycles. The lowest BCUT2D eigenvalue weighted by atomic mass is 10.00. The van der Waals surface area contributed by atoms with Crippen LogP contribution in [0.3, 0.4) is 0 Å². The molecule has 3 heteroatoms. The first-order chi connectivity index (χ1) is 8.58. The smallest absolute Gasteiger partial charge is 0.123 e. The summed E-state index contributed by atoms with van der Waals surface area (Å²) in [7, 11) is 0. The van der Waals surface area contributed by atoms with Crippen LogP contribution in [0, 0.1) is 18.7 Å². The Bertz CT molecular complexity index is 368. The molecule has 0 heterocycles. The number of halogens is 1. The lowest BCUT2D eigenvalue weighted by Crippen LogP contribution is -2.39. The highest BCUT2D eigenvalue weighted by Crippen LogP contribution is 2.19. The molecule has 0 radical (unpaired) electrons. The molecule has 2 unspecified atom stereocenters. The summed E-state index contributed by atoms with van der Waals surface area (Å²) in [4.78, 5) is 0. The van der Waals surface area contributed by atoms with E-state index in [4.69, 9.17) is 4.74 Å². The van der Waals surface area contributed by atoms with Crippen LogP contribution in [0.15, 0.2) is 18.2 Å². The first-order valence-electron chi connectivity index (χ1n) is 6.70. The fourth-order valence-corrected chi connectivity index (χ4v) is 1.93. The number of nitrogens with one attached hydrogen (secondary N) is 1. The molecule has 1 aromatic rings. The normalized spacial score (nSPS) is 14.3. The molecule has 102 valence electrons. The van der Waals surface area contributed by atoms with Gasteiger partial charge in [-0.25, -0.2) is 4.39 Å². The highest BCUT2D eigenvalue weighted by atomic mass is 19.1. The quantitative estimate of drug-likeness (QED) is 0.802. The molecule has 1 aromatic carbocycles. The van der Waals surface area contributed by atoms with E-state index in [2.05, 4.69) is 26.1 Å². The summed E-state index contributed by atoms with van der Waals surface area (Å²) in [6, 6.07) is 4.98. The fourth-order valence-electron chi connectivity index (χ4n) is 1.93. The standard InChI is InChI=1S/C15H24FNO/c1-5-11(3)14(17-6-2)10-18-15-8-7-13(16)9-12(15)4/h7-9,11,14,17H,5-6,10H2,1-4H3. The van der Waals surface area contributed by atoms with Crippen LogP contribution in [0.2, 0.25) is 0 Å². The van der Waals surface area contributed by atoms with Gasteiger partial charge in [0.15, 0.2) is 0 Å². The van der Waals surface area contributed by atoms with Crippen molar-refractivity contribution in [2.75, 3.05) is 13.2 Å². The number of hydrogen-bond acceptors (Lipinski definition) is 2. The largest absolute Gasteiger partial charge is 0.492 e. The van der Waals surface area contributed by atoms with E-state index >= 15 is 0 Å². The molecule has 0 amide bonds. The minimum atomic E-state index is -0.218. The predicted molar refractivity (Wildman–Crippen MR) is 73.6 cm³/mol. The van der Waals surface area contributed by atoms with Crippen molar-refractivity contribution in [1.82, 2.24) is 5.32 Å². The molecule has 1 rings (SSSR count). The van der Waals surface area contributed by atoms with Crippen LogP contribution in [-0.4, -0.2) is 19.2 Å². The molecule has 0 saturated carbocycles. The van der Waals surface area contributed by atoms with E-state index in [-0.39, 0.29) is 5.82 Å². The minimum absolute atomic E-state index is 0.218. The second-order valence-corrected chi connectivity index (χ2v) is 4.77. The van der Waals surface area contributed by atoms with Crippen molar-refractivity contribution in [3.63, 3.8) is 0 Å². The van der Waals surface area contributed by atoms with Crippen LogP contribution in [0.4, 0.5) is 4.39 Å². The Labute approximate surface area is 110 Å². The van der Waals surface area contributed by atoms with Crippen molar-refractivity contribution in [1.29, 1.82) is 0 Å². The molecule has 0 spiro atoms. The summed E-state index contributed by atoms with van der Waals surface area (Å²) in [5.41, 5.74) is 0.842. The maximum absolute atomic E-state index is 13.0. The Morgan fingerprint density at radius 2 is 2.06 bits per heavy atom. The van der Waals surface area contributed by atoms with Gasteiger partial charge < -0.3 is 10.1 Å². The zero-order valence-corrected chi connectivity index (χ0v) is 11.8. The molecule has 2 atom stereocenters. The van der Waals surface area contributed by atoms with Gasteiger partial charge in [0, 0.05) is 6.04 Å².